The molecule has 29 heavy (non-hydrogen) atoms. The van der Waals surface area contributed by atoms with Crippen LogP contribution in [0.1, 0.15) is 17.0 Å². The number of nitrogens with zero attached hydrogens (tertiary/aromatic N) is 5. The average molecular weight is 423 g/mol. The summed E-state index contributed by atoms with van der Waals surface area (Å²) in [6.07, 6.45) is -4.27. The van der Waals surface area contributed by atoms with Gasteiger partial charge in [-0.25, -0.2) is 0 Å². The summed E-state index contributed by atoms with van der Waals surface area (Å²) >= 11 is 1.23. The number of aliphatic hydroxyl groups is 1. The largest absolute Gasteiger partial charge is 0.488 e. The molecule has 0 saturated carbocycles. The monoisotopic (exact) mass is 423 g/mol. The molecule has 152 valence electrons. The van der Waals surface area contributed by atoms with E-state index in [1.807, 2.05) is 4.90 Å². The zero-order valence-corrected chi connectivity index (χ0v) is 15.8. The van der Waals surface area contributed by atoms with Crippen LogP contribution >= 0.6 is 11.3 Å². The number of aromatic nitrogens is 4. The summed E-state index contributed by atoms with van der Waals surface area (Å²) in [5.41, 5.74) is -0.237. The van der Waals surface area contributed by atoms with Crippen LogP contribution in [0, 0.1) is 0 Å². The molecule has 1 N–H and O–H groups in total. The van der Waals surface area contributed by atoms with Crippen molar-refractivity contribution >= 4 is 17.2 Å². The van der Waals surface area contributed by atoms with Crippen LogP contribution in [-0.4, -0.2) is 44.7 Å². The van der Waals surface area contributed by atoms with Crippen LogP contribution in [0.4, 0.5) is 19.0 Å². The third-order valence-electron chi connectivity index (χ3n) is 4.43. The molecule has 1 aromatic carbocycles. The van der Waals surface area contributed by atoms with Crippen LogP contribution in [0.25, 0.3) is 10.7 Å². The maximum atomic E-state index is 13.1. The first-order chi connectivity index (χ1) is 13.9. The molecule has 1 saturated heterocycles. The predicted octanol–water partition coefficient (Wildman–Crippen LogP) is 3.16. The number of aliphatic hydroxyl groups excluding tert-OH is 1. The Hall–Kier alpha value is -2.79. The zero-order valence-electron chi connectivity index (χ0n) is 15.0. The van der Waals surface area contributed by atoms with Crippen LogP contribution in [-0.2, 0) is 12.8 Å². The van der Waals surface area contributed by atoms with Crippen molar-refractivity contribution < 1.29 is 23.0 Å². The highest BCUT2D eigenvalue weighted by molar-refractivity contribution is 7.14. The Morgan fingerprint density at radius 2 is 1.93 bits per heavy atom. The third-order valence-corrected chi connectivity index (χ3v) is 5.36. The maximum absolute atomic E-state index is 13.1. The van der Waals surface area contributed by atoms with E-state index in [0.29, 0.717) is 41.0 Å². The van der Waals surface area contributed by atoms with Gasteiger partial charge in [-0.05, 0) is 24.3 Å². The highest BCUT2D eigenvalue weighted by Gasteiger charge is 2.35. The van der Waals surface area contributed by atoms with E-state index in [-0.39, 0.29) is 18.5 Å². The van der Waals surface area contributed by atoms with Crippen molar-refractivity contribution in [1.82, 2.24) is 20.4 Å². The Morgan fingerprint density at radius 1 is 1.10 bits per heavy atom. The highest BCUT2D eigenvalue weighted by Crippen LogP contribution is 2.37. The lowest BCUT2D eigenvalue weighted by Crippen LogP contribution is -2.26. The van der Waals surface area contributed by atoms with Crippen molar-refractivity contribution in [2.75, 3.05) is 18.0 Å². The number of para-hydroxylation sites is 1. The number of ether oxygens (including phenoxy) is 1. The topological polar surface area (TPSA) is 84.3 Å². The molecule has 0 radical (unpaired) electrons. The molecule has 7 nitrogen and oxygen atoms in total. The van der Waals surface area contributed by atoms with E-state index >= 15 is 0 Å². The molecule has 3 heterocycles. The third kappa shape index (κ3) is 4.30. The molecule has 0 spiro atoms. The van der Waals surface area contributed by atoms with Crippen molar-refractivity contribution in [2.24, 2.45) is 0 Å². The zero-order chi connectivity index (χ0) is 20.4. The molecule has 1 atom stereocenters. The van der Waals surface area contributed by atoms with E-state index in [4.69, 9.17) is 9.84 Å². The van der Waals surface area contributed by atoms with Gasteiger partial charge < -0.3 is 14.7 Å². The molecule has 4 rings (SSSR count). The first kappa shape index (κ1) is 19.5. The first-order valence-electron chi connectivity index (χ1n) is 8.79. The van der Waals surface area contributed by atoms with Gasteiger partial charge in [-0.15, -0.1) is 20.4 Å². The Labute approximate surface area is 167 Å². The van der Waals surface area contributed by atoms with Crippen molar-refractivity contribution in [3.05, 3.63) is 47.0 Å². The SMILES string of the molecule is OCc1nnc(-c2ccc(N3CCC(Oc4ccccc4C(F)(F)F)C3)nn2)s1. The molecule has 11 heteroatoms. The first-order valence-corrected chi connectivity index (χ1v) is 9.61. The number of anilines is 1. The number of hydrogen-bond donors (Lipinski definition) is 1. The van der Waals surface area contributed by atoms with Crippen molar-refractivity contribution in [3.8, 4) is 16.5 Å². The summed E-state index contributed by atoms with van der Waals surface area (Å²) in [4.78, 5) is 1.91. The Morgan fingerprint density at radius 3 is 2.62 bits per heavy atom. The summed E-state index contributed by atoms with van der Waals surface area (Å²) in [7, 11) is 0. The molecule has 3 aromatic rings. The van der Waals surface area contributed by atoms with Gasteiger partial charge in [0.1, 0.15) is 22.6 Å². The van der Waals surface area contributed by atoms with E-state index in [1.165, 1.54) is 29.5 Å². The van der Waals surface area contributed by atoms with Gasteiger partial charge >= 0.3 is 6.18 Å². The van der Waals surface area contributed by atoms with Crippen molar-refractivity contribution in [3.63, 3.8) is 0 Å². The fraction of sp³-hybridized carbons (Fsp3) is 0.333. The van der Waals surface area contributed by atoms with Crippen LogP contribution in [0.2, 0.25) is 0 Å². The van der Waals surface area contributed by atoms with E-state index in [9.17, 15) is 13.2 Å². The molecule has 1 fully saturated rings. The Kier molecular flexibility index (Phi) is 5.33. The van der Waals surface area contributed by atoms with E-state index in [1.54, 1.807) is 12.1 Å². The second-order valence-corrected chi connectivity index (χ2v) is 7.47. The summed E-state index contributed by atoms with van der Waals surface area (Å²) in [5, 5.41) is 26.2. The minimum Gasteiger partial charge on any atom is -0.488 e. The van der Waals surface area contributed by atoms with Gasteiger partial charge in [0.2, 0.25) is 0 Å². The lowest BCUT2D eigenvalue weighted by Gasteiger charge is -2.19. The van der Waals surface area contributed by atoms with Gasteiger partial charge in [0.05, 0.1) is 18.7 Å². The summed E-state index contributed by atoms with van der Waals surface area (Å²) in [6.45, 7) is 0.823. The highest BCUT2D eigenvalue weighted by atomic mass is 32.1. The second kappa shape index (κ2) is 7.91. The normalized spacial score (nSPS) is 17.0. The lowest BCUT2D eigenvalue weighted by atomic mass is 10.2. The molecular weight excluding hydrogens is 407 g/mol. The molecular formula is C18H16F3N5O2S. The minimum atomic E-state index is -4.46. The van der Waals surface area contributed by atoms with E-state index in [2.05, 4.69) is 20.4 Å². The number of rotatable bonds is 5. The van der Waals surface area contributed by atoms with Gasteiger partial charge in [0, 0.05) is 13.0 Å². The smallest absolute Gasteiger partial charge is 0.419 e. The maximum Gasteiger partial charge on any atom is 0.419 e. The predicted molar refractivity (Wildman–Crippen MR) is 99.5 cm³/mol. The van der Waals surface area contributed by atoms with Gasteiger partial charge in [-0.1, -0.05) is 23.5 Å². The van der Waals surface area contributed by atoms with E-state index in [0.717, 1.165) is 6.07 Å². The Bertz CT molecular complexity index is 980. The van der Waals surface area contributed by atoms with Gasteiger partial charge in [-0.3, -0.25) is 0 Å². The fourth-order valence-electron chi connectivity index (χ4n) is 3.04. The summed E-state index contributed by atoms with van der Waals surface area (Å²) < 4.78 is 45.0. The number of alkyl halides is 3. The van der Waals surface area contributed by atoms with Crippen LogP contribution in [0.15, 0.2) is 36.4 Å². The van der Waals surface area contributed by atoms with Crippen LogP contribution in [0.5, 0.6) is 5.75 Å². The quantitative estimate of drug-likeness (QED) is 0.675. The standard InChI is InChI=1S/C18H16F3N5O2S/c19-18(20,21)12-3-1-2-4-14(12)28-11-7-8-26(9-11)15-6-5-13(22-23-15)17-25-24-16(10-27)29-17/h1-6,11,27H,7-10H2. The van der Waals surface area contributed by atoms with Gasteiger partial charge in [0.15, 0.2) is 10.8 Å². The number of benzene rings is 1. The number of halogens is 3. The molecule has 1 aliphatic rings. The lowest BCUT2D eigenvalue weighted by molar-refractivity contribution is -0.139. The summed E-state index contributed by atoms with van der Waals surface area (Å²) in [5.74, 6) is 0.445. The molecule has 0 amide bonds. The van der Waals surface area contributed by atoms with E-state index < -0.39 is 11.7 Å². The molecule has 0 bridgehead atoms. The van der Waals surface area contributed by atoms with Crippen LogP contribution in [0.3, 0.4) is 0 Å². The molecule has 0 aliphatic carbocycles. The second-order valence-electron chi connectivity index (χ2n) is 6.40. The fourth-order valence-corrected chi connectivity index (χ4v) is 3.71. The molecule has 1 aliphatic heterocycles. The van der Waals surface area contributed by atoms with Crippen LogP contribution < -0.4 is 9.64 Å². The van der Waals surface area contributed by atoms with Gasteiger partial charge in [-0.2, -0.15) is 13.2 Å². The average Bonchev–Trinajstić information content (AvgIpc) is 3.37. The van der Waals surface area contributed by atoms with Crippen molar-refractivity contribution in [1.29, 1.82) is 0 Å². The van der Waals surface area contributed by atoms with Gasteiger partial charge in [0.25, 0.3) is 0 Å². The minimum absolute atomic E-state index is 0.163. The molecule has 1 unspecified atom stereocenters. The Balaban J connectivity index is 1.43. The number of hydrogen-bond acceptors (Lipinski definition) is 8. The molecule has 2 aromatic heterocycles. The van der Waals surface area contributed by atoms with Crippen molar-refractivity contribution in [2.45, 2.75) is 25.3 Å². The summed E-state index contributed by atoms with van der Waals surface area (Å²) in [6, 6.07) is 8.74.